The van der Waals surface area contributed by atoms with Gasteiger partial charge in [-0.15, -0.1) is 11.3 Å². The molecular formula is C18H17N3OS. The van der Waals surface area contributed by atoms with Crippen molar-refractivity contribution in [3.63, 3.8) is 0 Å². The zero-order valence-corrected chi connectivity index (χ0v) is 13.8. The lowest BCUT2D eigenvalue weighted by molar-refractivity contribution is 0.475. The van der Waals surface area contributed by atoms with Gasteiger partial charge in [-0.05, 0) is 36.8 Å². The van der Waals surface area contributed by atoms with E-state index in [1.165, 1.54) is 0 Å². The van der Waals surface area contributed by atoms with Gasteiger partial charge in [-0.3, -0.25) is 4.99 Å². The number of aromatic nitrogens is 1. The molecule has 0 aliphatic carbocycles. The predicted octanol–water partition coefficient (Wildman–Crippen LogP) is 3.73. The van der Waals surface area contributed by atoms with Crippen LogP contribution in [0, 0.1) is 0 Å². The number of aromatic hydroxyl groups is 1. The summed E-state index contributed by atoms with van der Waals surface area (Å²) in [5.74, 6) is 0.249. The minimum atomic E-state index is 0.249. The zero-order chi connectivity index (χ0) is 16.2. The third kappa shape index (κ3) is 3.24. The molecule has 0 saturated carbocycles. The molecule has 1 heterocycles. The Labute approximate surface area is 138 Å². The molecule has 116 valence electrons. The average Bonchev–Trinajstić information content (AvgIpc) is 2.99. The third-order valence-electron chi connectivity index (χ3n) is 3.48. The summed E-state index contributed by atoms with van der Waals surface area (Å²) in [6.07, 6.45) is 0. The molecule has 4 nitrogen and oxygen atoms in total. The molecule has 2 aromatic carbocycles. The molecule has 0 radical (unpaired) electrons. The van der Waals surface area contributed by atoms with E-state index in [4.69, 9.17) is 5.10 Å². The van der Waals surface area contributed by atoms with E-state index in [1.54, 1.807) is 30.5 Å². The van der Waals surface area contributed by atoms with Gasteiger partial charge in [0.2, 0.25) is 4.80 Å². The fourth-order valence-electron chi connectivity index (χ4n) is 2.27. The summed E-state index contributed by atoms with van der Waals surface area (Å²) in [7, 11) is 1.77. The van der Waals surface area contributed by atoms with Crippen molar-refractivity contribution in [2.45, 2.75) is 6.92 Å². The van der Waals surface area contributed by atoms with E-state index < -0.39 is 0 Å². The molecule has 0 aliphatic rings. The lowest BCUT2D eigenvalue weighted by Crippen LogP contribution is -2.13. The number of thiazole rings is 1. The minimum Gasteiger partial charge on any atom is -0.508 e. The van der Waals surface area contributed by atoms with E-state index in [0.29, 0.717) is 0 Å². The molecule has 0 saturated heterocycles. The molecule has 0 atom stereocenters. The summed E-state index contributed by atoms with van der Waals surface area (Å²) < 4.78 is 1.86. The molecule has 23 heavy (non-hydrogen) atoms. The van der Waals surface area contributed by atoms with Crippen molar-refractivity contribution in [3.05, 3.63) is 70.3 Å². The van der Waals surface area contributed by atoms with Crippen LogP contribution in [0.2, 0.25) is 0 Å². The van der Waals surface area contributed by atoms with Crippen LogP contribution in [-0.2, 0) is 0 Å². The van der Waals surface area contributed by atoms with Gasteiger partial charge in [-0.1, -0.05) is 30.3 Å². The van der Waals surface area contributed by atoms with Gasteiger partial charge >= 0.3 is 0 Å². The maximum atomic E-state index is 9.41. The van der Waals surface area contributed by atoms with E-state index in [1.807, 2.05) is 41.9 Å². The van der Waals surface area contributed by atoms with E-state index in [-0.39, 0.29) is 5.75 Å². The first kappa shape index (κ1) is 15.2. The summed E-state index contributed by atoms with van der Waals surface area (Å²) in [5, 5.41) is 16.2. The second-order valence-corrected chi connectivity index (χ2v) is 5.87. The smallest absolute Gasteiger partial charge is 0.205 e. The van der Waals surface area contributed by atoms with Crippen molar-refractivity contribution in [1.29, 1.82) is 0 Å². The van der Waals surface area contributed by atoms with Crippen LogP contribution in [0.5, 0.6) is 5.75 Å². The topological polar surface area (TPSA) is 49.9 Å². The Balaban J connectivity index is 2.10. The Hall–Kier alpha value is -2.66. The Kier molecular flexibility index (Phi) is 4.39. The molecular weight excluding hydrogens is 306 g/mol. The van der Waals surface area contributed by atoms with Gasteiger partial charge in [0.15, 0.2) is 0 Å². The van der Waals surface area contributed by atoms with Crippen LogP contribution in [-0.4, -0.2) is 22.5 Å². The molecule has 0 amide bonds. The number of hydrogen-bond donors (Lipinski definition) is 1. The predicted molar refractivity (Wildman–Crippen MR) is 94.9 cm³/mol. The standard InChI is InChI=1S/C18H17N3OS/c1-13(14-8-10-16(22)11-9-14)20-21-17(12-23-18(21)19-2)15-6-4-3-5-7-15/h3-12,22H,1-2H3. The molecule has 0 spiro atoms. The summed E-state index contributed by atoms with van der Waals surface area (Å²) in [5.41, 5.74) is 3.92. The quantitative estimate of drug-likeness (QED) is 0.734. The zero-order valence-electron chi connectivity index (χ0n) is 13.0. The Morgan fingerprint density at radius 3 is 2.39 bits per heavy atom. The van der Waals surface area contributed by atoms with Crippen LogP contribution in [0.4, 0.5) is 0 Å². The highest BCUT2D eigenvalue weighted by Gasteiger charge is 2.08. The molecule has 1 aromatic heterocycles. The summed E-state index contributed by atoms with van der Waals surface area (Å²) in [6.45, 7) is 1.95. The first-order valence-electron chi connectivity index (χ1n) is 7.23. The minimum absolute atomic E-state index is 0.249. The monoisotopic (exact) mass is 323 g/mol. The van der Waals surface area contributed by atoms with Crippen LogP contribution in [0.1, 0.15) is 12.5 Å². The van der Waals surface area contributed by atoms with E-state index in [2.05, 4.69) is 22.5 Å². The SMILES string of the molecule is CN=c1scc(-c2ccccc2)n1N=C(C)c1ccc(O)cc1. The van der Waals surface area contributed by atoms with Crippen molar-refractivity contribution in [1.82, 2.24) is 4.68 Å². The summed E-state index contributed by atoms with van der Waals surface area (Å²) >= 11 is 1.56. The second kappa shape index (κ2) is 6.62. The maximum absolute atomic E-state index is 9.41. The highest BCUT2D eigenvalue weighted by molar-refractivity contribution is 7.07. The summed E-state index contributed by atoms with van der Waals surface area (Å²) in [6, 6.07) is 17.2. The first-order valence-corrected chi connectivity index (χ1v) is 8.11. The molecule has 0 fully saturated rings. The fraction of sp³-hybridized carbons (Fsp3) is 0.111. The molecule has 3 rings (SSSR count). The van der Waals surface area contributed by atoms with Crippen molar-refractivity contribution in [3.8, 4) is 17.0 Å². The van der Waals surface area contributed by atoms with Gasteiger partial charge in [0, 0.05) is 18.0 Å². The molecule has 0 unspecified atom stereocenters. The number of nitrogens with zero attached hydrogens (tertiary/aromatic N) is 3. The number of benzene rings is 2. The highest BCUT2D eigenvalue weighted by Crippen LogP contribution is 2.20. The van der Waals surface area contributed by atoms with Gasteiger partial charge in [0.25, 0.3) is 0 Å². The number of rotatable bonds is 3. The van der Waals surface area contributed by atoms with Crippen LogP contribution in [0.15, 0.2) is 70.1 Å². The lowest BCUT2D eigenvalue weighted by Gasteiger charge is -2.06. The Morgan fingerprint density at radius 1 is 1.04 bits per heavy atom. The van der Waals surface area contributed by atoms with Crippen LogP contribution >= 0.6 is 11.3 Å². The van der Waals surface area contributed by atoms with Gasteiger partial charge in [0.1, 0.15) is 5.75 Å². The molecule has 0 aliphatic heterocycles. The average molecular weight is 323 g/mol. The first-order chi connectivity index (χ1) is 11.2. The Bertz CT molecular complexity index is 890. The number of phenolic OH excluding ortho intramolecular Hbond substituents is 1. The second-order valence-electron chi connectivity index (χ2n) is 5.04. The Morgan fingerprint density at radius 2 is 1.74 bits per heavy atom. The number of hydrogen-bond acceptors (Lipinski definition) is 4. The van der Waals surface area contributed by atoms with Crippen molar-refractivity contribution in [2.75, 3.05) is 7.05 Å². The highest BCUT2D eigenvalue weighted by atomic mass is 32.1. The normalized spacial score (nSPS) is 12.6. The fourth-order valence-corrected chi connectivity index (χ4v) is 3.06. The van der Waals surface area contributed by atoms with E-state index >= 15 is 0 Å². The largest absolute Gasteiger partial charge is 0.508 e. The third-order valence-corrected chi connectivity index (χ3v) is 4.39. The van der Waals surface area contributed by atoms with Gasteiger partial charge in [-0.25, -0.2) is 4.68 Å². The van der Waals surface area contributed by atoms with E-state index in [9.17, 15) is 5.11 Å². The van der Waals surface area contributed by atoms with Crippen LogP contribution < -0.4 is 4.80 Å². The van der Waals surface area contributed by atoms with Gasteiger partial charge in [-0.2, -0.15) is 5.10 Å². The van der Waals surface area contributed by atoms with Gasteiger partial charge in [0.05, 0.1) is 11.4 Å². The van der Waals surface area contributed by atoms with Crippen LogP contribution in [0.25, 0.3) is 11.3 Å². The van der Waals surface area contributed by atoms with Crippen molar-refractivity contribution in [2.24, 2.45) is 10.1 Å². The van der Waals surface area contributed by atoms with Crippen molar-refractivity contribution >= 4 is 17.0 Å². The number of phenols is 1. The van der Waals surface area contributed by atoms with Crippen molar-refractivity contribution < 1.29 is 5.11 Å². The molecule has 1 N–H and O–H groups in total. The van der Waals surface area contributed by atoms with E-state index in [0.717, 1.165) is 27.3 Å². The lowest BCUT2D eigenvalue weighted by atomic mass is 10.1. The molecule has 3 aromatic rings. The molecule has 0 bridgehead atoms. The van der Waals surface area contributed by atoms with Crippen LogP contribution in [0.3, 0.4) is 0 Å². The summed E-state index contributed by atoms with van der Waals surface area (Å²) in [4.78, 5) is 5.15. The maximum Gasteiger partial charge on any atom is 0.205 e. The molecule has 5 heteroatoms. The van der Waals surface area contributed by atoms with Gasteiger partial charge < -0.3 is 5.11 Å².